The second-order valence-corrected chi connectivity index (χ2v) is 5.80. The largest absolute Gasteiger partial charge is 0.298 e. The summed E-state index contributed by atoms with van der Waals surface area (Å²) in [6.45, 7) is 1.40. The second-order valence-electron chi connectivity index (χ2n) is 3.44. The standard InChI is InChI=1S/C10H13NO3S/c1-8(15(2,13)14)10(12)7-9-5-3-4-6-11-9/h3-6,8H,7H2,1-2H3. The van der Waals surface area contributed by atoms with E-state index in [9.17, 15) is 13.2 Å². The van der Waals surface area contributed by atoms with Gasteiger partial charge in [-0.1, -0.05) is 6.07 Å². The van der Waals surface area contributed by atoms with Crippen molar-refractivity contribution in [2.75, 3.05) is 6.26 Å². The Kier molecular flexibility index (Phi) is 3.57. The fraction of sp³-hybridized carbons (Fsp3) is 0.400. The molecule has 0 amide bonds. The van der Waals surface area contributed by atoms with Crippen molar-refractivity contribution in [3.8, 4) is 0 Å². The van der Waals surface area contributed by atoms with Crippen LogP contribution in [0.1, 0.15) is 12.6 Å². The van der Waals surface area contributed by atoms with Gasteiger partial charge in [-0.3, -0.25) is 9.78 Å². The fourth-order valence-corrected chi connectivity index (χ4v) is 1.62. The van der Waals surface area contributed by atoms with Crippen LogP contribution >= 0.6 is 0 Å². The average Bonchev–Trinajstić information content (AvgIpc) is 2.16. The molecule has 0 saturated heterocycles. The lowest BCUT2D eigenvalue weighted by Crippen LogP contribution is -2.27. The minimum Gasteiger partial charge on any atom is -0.298 e. The number of Topliss-reactive ketones (excluding diaryl/α,β-unsaturated/α-hetero) is 1. The van der Waals surface area contributed by atoms with Crippen LogP contribution in [-0.2, 0) is 21.1 Å². The van der Waals surface area contributed by atoms with Crippen LogP contribution in [0.5, 0.6) is 0 Å². The first-order valence-electron chi connectivity index (χ1n) is 4.53. The van der Waals surface area contributed by atoms with Gasteiger partial charge in [0, 0.05) is 18.1 Å². The van der Waals surface area contributed by atoms with Crippen molar-refractivity contribution in [1.82, 2.24) is 4.98 Å². The van der Waals surface area contributed by atoms with Crippen LogP contribution in [-0.4, -0.2) is 30.7 Å². The molecule has 82 valence electrons. The van der Waals surface area contributed by atoms with Gasteiger partial charge in [0.25, 0.3) is 0 Å². The Labute approximate surface area is 89.3 Å². The topological polar surface area (TPSA) is 64.1 Å². The van der Waals surface area contributed by atoms with Crippen molar-refractivity contribution in [2.24, 2.45) is 0 Å². The number of sulfone groups is 1. The van der Waals surface area contributed by atoms with Crippen molar-refractivity contribution >= 4 is 15.6 Å². The number of hydrogen-bond donors (Lipinski definition) is 0. The van der Waals surface area contributed by atoms with Gasteiger partial charge in [-0.15, -0.1) is 0 Å². The molecule has 0 radical (unpaired) electrons. The van der Waals surface area contributed by atoms with Crippen LogP contribution in [0.2, 0.25) is 0 Å². The highest BCUT2D eigenvalue weighted by atomic mass is 32.2. The molecule has 0 N–H and O–H groups in total. The molecule has 1 unspecified atom stereocenters. The molecule has 1 rings (SSSR count). The van der Waals surface area contributed by atoms with Gasteiger partial charge in [-0.2, -0.15) is 0 Å². The summed E-state index contributed by atoms with van der Waals surface area (Å²) in [6, 6.07) is 5.21. The lowest BCUT2D eigenvalue weighted by molar-refractivity contribution is -0.117. The number of carbonyl (C=O) groups excluding carboxylic acids is 1. The van der Waals surface area contributed by atoms with E-state index in [0.29, 0.717) is 5.69 Å². The lowest BCUT2D eigenvalue weighted by Gasteiger charge is -2.07. The first kappa shape index (κ1) is 11.8. The van der Waals surface area contributed by atoms with Gasteiger partial charge in [0.2, 0.25) is 0 Å². The maximum atomic E-state index is 11.5. The van der Waals surface area contributed by atoms with Gasteiger partial charge in [0.1, 0.15) is 5.25 Å². The predicted molar refractivity (Wildman–Crippen MR) is 57.3 cm³/mol. The number of hydrogen-bond acceptors (Lipinski definition) is 4. The van der Waals surface area contributed by atoms with Crippen molar-refractivity contribution in [3.63, 3.8) is 0 Å². The summed E-state index contributed by atoms with van der Waals surface area (Å²) >= 11 is 0. The summed E-state index contributed by atoms with van der Waals surface area (Å²) in [7, 11) is -3.30. The third kappa shape index (κ3) is 3.43. The zero-order valence-electron chi connectivity index (χ0n) is 8.67. The second kappa shape index (κ2) is 4.53. The molecule has 0 spiro atoms. The Bertz CT molecular complexity index is 439. The van der Waals surface area contributed by atoms with Gasteiger partial charge >= 0.3 is 0 Å². The minimum atomic E-state index is -3.30. The highest BCUT2D eigenvalue weighted by Crippen LogP contribution is 2.04. The Morgan fingerprint density at radius 1 is 1.47 bits per heavy atom. The van der Waals surface area contributed by atoms with Crippen LogP contribution in [0, 0.1) is 0 Å². The summed E-state index contributed by atoms with van der Waals surface area (Å²) in [6.07, 6.45) is 2.71. The molecule has 0 aliphatic carbocycles. The van der Waals surface area contributed by atoms with Crippen LogP contribution in [0.25, 0.3) is 0 Å². The first-order chi connectivity index (χ1) is 6.91. The zero-order valence-corrected chi connectivity index (χ0v) is 9.49. The molecule has 0 bridgehead atoms. The van der Waals surface area contributed by atoms with Crippen LogP contribution in [0.15, 0.2) is 24.4 Å². The maximum absolute atomic E-state index is 11.5. The average molecular weight is 227 g/mol. The number of rotatable bonds is 4. The smallest absolute Gasteiger partial charge is 0.157 e. The normalized spacial score (nSPS) is 13.5. The Balaban J connectivity index is 2.73. The number of aromatic nitrogens is 1. The third-order valence-electron chi connectivity index (χ3n) is 2.18. The van der Waals surface area contributed by atoms with E-state index in [1.165, 1.54) is 6.92 Å². The molecule has 0 saturated carbocycles. The van der Waals surface area contributed by atoms with E-state index in [0.717, 1.165) is 6.26 Å². The van der Waals surface area contributed by atoms with E-state index in [4.69, 9.17) is 0 Å². The molecule has 15 heavy (non-hydrogen) atoms. The van der Waals surface area contributed by atoms with Crippen molar-refractivity contribution < 1.29 is 13.2 Å². The molecule has 1 aromatic heterocycles. The maximum Gasteiger partial charge on any atom is 0.157 e. The van der Waals surface area contributed by atoms with Crippen molar-refractivity contribution in [1.29, 1.82) is 0 Å². The lowest BCUT2D eigenvalue weighted by atomic mass is 10.1. The van der Waals surface area contributed by atoms with E-state index >= 15 is 0 Å². The highest BCUT2D eigenvalue weighted by molar-refractivity contribution is 7.92. The number of carbonyl (C=O) groups is 1. The Hall–Kier alpha value is -1.23. The molecule has 5 heteroatoms. The molecule has 1 aromatic rings. The summed E-state index contributed by atoms with van der Waals surface area (Å²) in [5.41, 5.74) is 0.595. The Morgan fingerprint density at radius 3 is 2.60 bits per heavy atom. The Morgan fingerprint density at radius 2 is 2.13 bits per heavy atom. The molecular weight excluding hydrogens is 214 g/mol. The monoisotopic (exact) mass is 227 g/mol. The van der Waals surface area contributed by atoms with E-state index < -0.39 is 15.1 Å². The molecule has 0 aliphatic heterocycles. The summed E-state index contributed by atoms with van der Waals surface area (Å²) < 4.78 is 22.2. The third-order valence-corrected chi connectivity index (χ3v) is 3.72. The molecule has 0 aliphatic rings. The van der Waals surface area contributed by atoms with Gasteiger partial charge in [-0.05, 0) is 19.1 Å². The number of nitrogens with zero attached hydrogens (tertiary/aromatic N) is 1. The van der Waals surface area contributed by atoms with Crippen LogP contribution in [0.3, 0.4) is 0 Å². The van der Waals surface area contributed by atoms with Crippen LogP contribution in [0.4, 0.5) is 0 Å². The highest BCUT2D eigenvalue weighted by Gasteiger charge is 2.23. The van der Waals surface area contributed by atoms with Gasteiger partial charge < -0.3 is 0 Å². The summed E-state index contributed by atoms with van der Waals surface area (Å²) in [4.78, 5) is 15.5. The first-order valence-corrected chi connectivity index (χ1v) is 6.48. The van der Waals surface area contributed by atoms with E-state index in [2.05, 4.69) is 4.98 Å². The van der Waals surface area contributed by atoms with Gasteiger partial charge in [0.05, 0.1) is 6.42 Å². The molecule has 1 heterocycles. The van der Waals surface area contributed by atoms with E-state index in [-0.39, 0.29) is 12.2 Å². The molecule has 0 aromatic carbocycles. The van der Waals surface area contributed by atoms with E-state index in [1.807, 2.05) is 0 Å². The SMILES string of the molecule is CC(C(=O)Cc1ccccn1)S(C)(=O)=O. The van der Waals surface area contributed by atoms with Crippen molar-refractivity contribution in [3.05, 3.63) is 30.1 Å². The van der Waals surface area contributed by atoms with Gasteiger partial charge in [-0.25, -0.2) is 8.42 Å². The quantitative estimate of drug-likeness (QED) is 0.756. The minimum absolute atomic E-state index is 0.0646. The number of pyridine rings is 1. The van der Waals surface area contributed by atoms with Crippen LogP contribution < -0.4 is 0 Å². The summed E-state index contributed by atoms with van der Waals surface area (Å²) in [5, 5.41) is -0.959. The fourth-order valence-electron chi connectivity index (χ4n) is 1.06. The molecular formula is C10H13NO3S. The van der Waals surface area contributed by atoms with Gasteiger partial charge in [0.15, 0.2) is 15.6 Å². The molecule has 1 atom stereocenters. The van der Waals surface area contributed by atoms with E-state index in [1.54, 1.807) is 24.4 Å². The molecule has 0 fully saturated rings. The summed E-state index contributed by atoms with van der Waals surface area (Å²) in [5.74, 6) is -0.323. The number of ketones is 1. The zero-order chi connectivity index (χ0) is 11.5. The predicted octanol–water partition coefficient (Wildman–Crippen LogP) is 0.626. The van der Waals surface area contributed by atoms with Crippen molar-refractivity contribution in [2.45, 2.75) is 18.6 Å². The molecule has 4 nitrogen and oxygen atoms in total.